The molecule has 0 aliphatic heterocycles. The van der Waals surface area contributed by atoms with E-state index < -0.39 is 5.97 Å². The fourth-order valence-corrected chi connectivity index (χ4v) is 2.08. The first kappa shape index (κ1) is 20.3. The van der Waals surface area contributed by atoms with Crippen LogP contribution in [-0.4, -0.2) is 60.2 Å². The molecule has 0 radical (unpaired) electrons. The number of nitrogens with zero attached hydrogens (tertiary/aromatic N) is 4. The quantitative estimate of drug-likeness (QED) is 0.521. The van der Waals surface area contributed by atoms with Crippen molar-refractivity contribution in [3.63, 3.8) is 0 Å². The van der Waals surface area contributed by atoms with Crippen molar-refractivity contribution >= 4 is 17.4 Å². The lowest BCUT2D eigenvalue weighted by atomic mass is 10.1. The van der Waals surface area contributed by atoms with E-state index in [-0.39, 0.29) is 0 Å². The van der Waals surface area contributed by atoms with Crippen molar-refractivity contribution in [3.8, 4) is 0 Å². The van der Waals surface area contributed by atoms with E-state index in [4.69, 9.17) is 5.11 Å². The number of anilines is 1. The molecule has 6 heteroatoms. The SMILES string of the molecule is C=C/C(=C\C(=C)/C=C/C(=O)O)c1cncc(N(C)CCCN(C)C)n1. The van der Waals surface area contributed by atoms with Crippen LogP contribution in [0.25, 0.3) is 5.57 Å². The van der Waals surface area contributed by atoms with Crippen LogP contribution < -0.4 is 4.90 Å². The Hall–Kier alpha value is -2.73. The maximum atomic E-state index is 10.6. The van der Waals surface area contributed by atoms with Gasteiger partial charge in [0.2, 0.25) is 0 Å². The first-order valence-electron chi connectivity index (χ1n) is 7.95. The number of allylic oxidation sites excluding steroid dienone is 5. The van der Waals surface area contributed by atoms with Crippen LogP contribution in [-0.2, 0) is 4.79 Å². The minimum atomic E-state index is -1.02. The molecule has 1 aromatic heterocycles. The van der Waals surface area contributed by atoms with Crippen molar-refractivity contribution in [2.75, 3.05) is 39.1 Å². The minimum Gasteiger partial charge on any atom is -0.478 e. The van der Waals surface area contributed by atoms with E-state index in [0.717, 1.165) is 37.0 Å². The molecular formula is C19H26N4O2. The molecule has 25 heavy (non-hydrogen) atoms. The Bertz CT molecular complexity index is 678. The second kappa shape index (κ2) is 10.2. The Morgan fingerprint density at radius 3 is 2.56 bits per heavy atom. The van der Waals surface area contributed by atoms with E-state index >= 15 is 0 Å². The summed E-state index contributed by atoms with van der Waals surface area (Å²) in [6.07, 6.45) is 10.2. The lowest BCUT2D eigenvalue weighted by Crippen LogP contribution is -2.24. The zero-order valence-electron chi connectivity index (χ0n) is 15.1. The van der Waals surface area contributed by atoms with Gasteiger partial charge in [0.25, 0.3) is 0 Å². The van der Waals surface area contributed by atoms with Crippen LogP contribution in [0.5, 0.6) is 0 Å². The summed E-state index contributed by atoms with van der Waals surface area (Å²) in [7, 11) is 6.08. The lowest BCUT2D eigenvalue weighted by Gasteiger charge is -2.19. The zero-order chi connectivity index (χ0) is 18.8. The molecule has 0 aliphatic carbocycles. The normalized spacial score (nSPS) is 11.8. The van der Waals surface area contributed by atoms with E-state index in [1.165, 1.54) is 6.08 Å². The summed E-state index contributed by atoms with van der Waals surface area (Å²) in [5.74, 6) is -0.244. The molecule has 1 N–H and O–H groups in total. The molecule has 0 amide bonds. The summed E-state index contributed by atoms with van der Waals surface area (Å²) < 4.78 is 0. The molecule has 0 fully saturated rings. The van der Waals surface area contributed by atoms with Crippen LogP contribution in [0.1, 0.15) is 12.1 Å². The molecule has 6 nitrogen and oxygen atoms in total. The predicted molar refractivity (Wildman–Crippen MR) is 103 cm³/mol. The van der Waals surface area contributed by atoms with Crippen LogP contribution in [0.4, 0.5) is 5.82 Å². The number of hydrogen-bond donors (Lipinski definition) is 1. The smallest absolute Gasteiger partial charge is 0.328 e. The first-order valence-corrected chi connectivity index (χ1v) is 7.95. The number of aromatic nitrogens is 2. The van der Waals surface area contributed by atoms with Gasteiger partial charge in [-0.2, -0.15) is 0 Å². The Kier molecular flexibility index (Phi) is 8.29. The third kappa shape index (κ3) is 7.58. The molecule has 0 bridgehead atoms. The number of rotatable bonds is 10. The standard InChI is InChI=1S/C19H26N4O2/c1-6-16(12-15(2)8-9-19(24)25)17-13-20-14-18(21-17)23(5)11-7-10-22(3)4/h6,8-9,12-14H,1-2,7,10-11H2,3-5H3,(H,24,25)/b9-8+,16-12+. The predicted octanol–water partition coefficient (Wildman–Crippen LogP) is 2.63. The van der Waals surface area contributed by atoms with Crippen molar-refractivity contribution in [3.05, 3.63) is 61.1 Å². The molecule has 1 aromatic rings. The Morgan fingerprint density at radius 2 is 1.96 bits per heavy atom. The van der Waals surface area contributed by atoms with E-state index in [2.05, 4.69) is 32.9 Å². The summed E-state index contributed by atoms with van der Waals surface area (Å²) in [6.45, 7) is 9.49. The van der Waals surface area contributed by atoms with Crippen LogP contribution >= 0.6 is 0 Å². The summed E-state index contributed by atoms with van der Waals surface area (Å²) in [5, 5.41) is 8.67. The zero-order valence-corrected chi connectivity index (χ0v) is 15.1. The van der Waals surface area contributed by atoms with Gasteiger partial charge in [-0.1, -0.05) is 19.2 Å². The minimum absolute atomic E-state index is 0.545. The Balaban J connectivity index is 2.91. The van der Waals surface area contributed by atoms with Gasteiger partial charge in [-0.15, -0.1) is 0 Å². The molecule has 0 saturated carbocycles. The van der Waals surface area contributed by atoms with Crippen LogP contribution in [0.15, 0.2) is 55.4 Å². The first-order chi connectivity index (χ1) is 11.8. The highest BCUT2D eigenvalue weighted by Crippen LogP contribution is 2.18. The Labute approximate surface area is 149 Å². The average molecular weight is 342 g/mol. The summed E-state index contributed by atoms with van der Waals surface area (Å²) in [4.78, 5) is 23.6. The lowest BCUT2D eigenvalue weighted by molar-refractivity contribution is -0.131. The summed E-state index contributed by atoms with van der Waals surface area (Å²) in [6, 6.07) is 0. The van der Waals surface area contributed by atoms with Gasteiger partial charge < -0.3 is 14.9 Å². The molecule has 1 heterocycles. The van der Waals surface area contributed by atoms with Gasteiger partial charge >= 0.3 is 5.97 Å². The van der Waals surface area contributed by atoms with Crippen LogP contribution in [0.2, 0.25) is 0 Å². The van der Waals surface area contributed by atoms with Gasteiger partial charge in [-0.25, -0.2) is 9.78 Å². The second-order valence-electron chi connectivity index (χ2n) is 5.89. The number of aliphatic carboxylic acids is 1. The van der Waals surface area contributed by atoms with Gasteiger partial charge in [-0.3, -0.25) is 4.98 Å². The molecule has 0 spiro atoms. The maximum absolute atomic E-state index is 10.6. The van der Waals surface area contributed by atoms with E-state index in [0.29, 0.717) is 11.3 Å². The molecule has 0 unspecified atom stereocenters. The molecule has 0 saturated heterocycles. The van der Waals surface area contributed by atoms with E-state index in [9.17, 15) is 4.79 Å². The fourth-order valence-electron chi connectivity index (χ4n) is 2.08. The summed E-state index contributed by atoms with van der Waals surface area (Å²) in [5.41, 5.74) is 1.94. The van der Waals surface area contributed by atoms with Crippen molar-refractivity contribution in [1.82, 2.24) is 14.9 Å². The highest BCUT2D eigenvalue weighted by Gasteiger charge is 2.07. The average Bonchev–Trinajstić information content (AvgIpc) is 2.57. The monoisotopic (exact) mass is 342 g/mol. The number of carboxylic acid groups (broad SMARTS) is 1. The molecular weight excluding hydrogens is 316 g/mol. The van der Waals surface area contributed by atoms with Crippen molar-refractivity contribution < 1.29 is 9.90 Å². The Morgan fingerprint density at radius 1 is 1.24 bits per heavy atom. The molecule has 1 rings (SSSR count). The van der Waals surface area contributed by atoms with E-state index in [1.807, 2.05) is 21.1 Å². The van der Waals surface area contributed by atoms with E-state index in [1.54, 1.807) is 24.5 Å². The highest BCUT2D eigenvalue weighted by molar-refractivity contribution is 5.81. The molecule has 134 valence electrons. The highest BCUT2D eigenvalue weighted by atomic mass is 16.4. The van der Waals surface area contributed by atoms with Crippen molar-refractivity contribution in [2.45, 2.75) is 6.42 Å². The van der Waals surface area contributed by atoms with Crippen molar-refractivity contribution in [1.29, 1.82) is 0 Å². The van der Waals surface area contributed by atoms with Gasteiger partial charge in [-0.05, 0) is 44.8 Å². The fraction of sp³-hybridized carbons (Fsp3) is 0.316. The summed E-state index contributed by atoms with van der Waals surface area (Å²) >= 11 is 0. The third-order valence-corrected chi connectivity index (χ3v) is 3.41. The molecule has 0 aliphatic rings. The van der Waals surface area contributed by atoms with Gasteiger partial charge in [0.05, 0.1) is 18.1 Å². The second-order valence-corrected chi connectivity index (χ2v) is 5.89. The van der Waals surface area contributed by atoms with Gasteiger partial charge in [0.15, 0.2) is 0 Å². The number of carbonyl (C=O) groups is 1. The van der Waals surface area contributed by atoms with Gasteiger partial charge in [0, 0.05) is 25.2 Å². The molecule has 0 aromatic carbocycles. The molecule has 0 atom stereocenters. The third-order valence-electron chi connectivity index (χ3n) is 3.41. The van der Waals surface area contributed by atoms with Gasteiger partial charge in [0.1, 0.15) is 5.82 Å². The largest absolute Gasteiger partial charge is 0.478 e. The number of hydrogen-bond acceptors (Lipinski definition) is 5. The van der Waals surface area contributed by atoms with Crippen LogP contribution in [0, 0.1) is 0 Å². The van der Waals surface area contributed by atoms with Crippen LogP contribution in [0.3, 0.4) is 0 Å². The van der Waals surface area contributed by atoms with Crippen molar-refractivity contribution in [2.24, 2.45) is 0 Å². The topological polar surface area (TPSA) is 69.6 Å². The maximum Gasteiger partial charge on any atom is 0.328 e. The number of carboxylic acids is 1.